The average Bonchev–Trinajstić information content (AvgIpc) is 2.78. The molecular formula is C16H17NO5. The number of amides is 1. The summed E-state index contributed by atoms with van der Waals surface area (Å²) in [5.74, 6) is 0.593. The molecule has 0 radical (unpaired) electrons. The highest BCUT2D eigenvalue weighted by atomic mass is 16.6. The fourth-order valence-electron chi connectivity index (χ4n) is 1.87. The molecular weight excluding hydrogens is 286 g/mol. The van der Waals surface area contributed by atoms with Crippen LogP contribution in [0.3, 0.4) is 0 Å². The molecule has 1 N–H and O–H groups in total. The Balaban J connectivity index is 2.12. The first-order valence-corrected chi connectivity index (χ1v) is 6.81. The standard InChI is InChI=1S/C16H17NO5/c1-10(2)21-13-8-7-11(9-14(13)20-3)5-4-6-12-15(18)22-16(19)17-12/h4,7-10H,5H2,1-3H3,(H,17,19). The van der Waals surface area contributed by atoms with Gasteiger partial charge in [0, 0.05) is 0 Å². The van der Waals surface area contributed by atoms with Gasteiger partial charge in [-0.1, -0.05) is 11.8 Å². The zero-order valence-electron chi connectivity index (χ0n) is 12.6. The lowest BCUT2D eigenvalue weighted by molar-refractivity contribution is -0.130. The molecule has 1 heterocycles. The van der Waals surface area contributed by atoms with Crippen LogP contribution >= 0.6 is 0 Å². The van der Waals surface area contributed by atoms with Crippen molar-refractivity contribution in [3.63, 3.8) is 0 Å². The van der Waals surface area contributed by atoms with Crippen LogP contribution in [-0.4, -0.2) is 25.3 Å². The van der Waals surface area contributed by atoms with Gasteiger partial charge < -0.3 is 14.2 Å². The molecule has 6 heteroatoms. The Morgan fingerprint density at radius 1 is 1.32 bits per heavy atom. The number of carbonyl (C=O) groups excluding carboxylic acids is 2. The Morgan fingerprint density at radius 2 is 2.09 bits per heavy atom. The number of hydrogen-bond donors (Lipinski definition) is 1. The lowest BCUT2D eigenvalue weighted by Gasteiger charge is -2.14. The SMILES string of the molecule is COc1cc(CC=C=C2NC(=O)OC2=O)ccc1OC(C)C. The van der Waals surface area contributed by atoms with Gasteiger partial charge in [-0.05, 0) is 44.0 Å². The number of carbonyl (C=O) groups is 2. The van der Waals surface area contributed by atoms with Gasteiger partial charge in [0.15, 0.2) is 17.2 Å². The molecule has 0 aromatic heterocycles. The highest BCUT2D eigenvalue weighted by Gasteiger charge is 2.25. The number of ether oxygens (including phenoxy) is 3. The molecule has 6 nitrogen and oxygen atoms in total. The summed E-state index contributed by atoms with van der Waals surface area (Å²) < 4.78 is 15.3. The van der Waals surface area contributed by atoms with Gasteiger partial charge in [-0.2, -0.15) is 0 Å². The van der Waals surface area contributed by atoms with Crippen molar-refractivity contribution < 1.29 is 23.8 Å². The number of rotatable bonds is 5. The van der Waals surface area contributed by atoms with Gasteiger partial charge in [0.05, 0.1) is 13.2 Å². The molecule has 1 fully saturated rings. The van der Waals surface area contributed by atoms with E-state index < -0.39 is 12.1 Å². The predicted octanol–water partition coefficient (Wildman–Crippen LogP) is 2.33. The van der Waals surface area contributed by atoms with Gasteiger partial charge in [-0.25, -0.2) is 9.59 Å². The molecule has 1 amide bonds. The number of nitrogens with one attached hydrogen (secondary N) is 1. The molecule has 2 rings (SSSR count). The minimum absolute atomic E-state index is 0.0109. The smallest absolute Gasteiger partial charge is 0.420 e. The second-order valence-corrected chi connectivity index (χ2v) is 4.88. The van der Waals surface area contributed by atoms with E-state index in [0.29, 0.717) is 17.9 Å². The van der Waals surface area contributed by atoms with E-state index >= 15 is 0 Å². The highest BCUT2D eigenvalue weighted by Crippen LogP contribution is 2.29. The van der Waals surface area contributed by atoms with Gasteiger partial charge in [0.25, 0.3) is 0 Å². The van der Waals surface area contributed by atoms with Crippen molar-refractivity contribution >= 4 is 12.1 Å². The van der Waals surface area contributed by atoms with E-state index in [1.54, 1.807) is 13.2 Å². The van der Waals surface area contributed by atoms with Crippen molar-refractivity contribution in [1.29, 1.82) is 0 Å². The predicted molar refractivity (Wildman–Crippen MR) is 78.7 cm³/mol. The summed E-state index contributed by atoms with van der Waals surface area (Å²) in [7, 11) is 1.58. The summed E-state index contributed by atoms with van der Waals surface area (Å²) >= 11 is 0. The van der Waals surface area contributed by atoms with Crippen LogP contribution in [0, 0.1) is 0 Å². The van der Waals surface area contributed by atoms with Crippen molar-refractivity contribution in [3.05, 3.63) is 41.3 Å². The second kappa shape index (κ2) is 6.83. The van der Waals surface area contributed by atoms with Crippen LogP contribution in [0.25, 0.3) is 0 Å². The number of benzene rings is 1. The van der Waals surface area contributed by atoms with E-state index in [9.17, 15) is 9.59 Å². The highest BCUT2D eigenvalue weighted by molar-refractivity contribution is 6.03. The summed E-state index contributed by atoms with van der Waals surface area (Å²) in [4.78, 5) is 22.1. The van der Waals surface area contributed by atoms with Gasteiger partial charge in [0.1, 0.15) is 0 Å². The fourth-order valence-corrected chi connectivity index (χ4v) is 1.87. The Hall–Kier alpha value is -2.72. The van der Waals surface area contributed by atoms with Gasteiger partial charge in [-0.15, -0.1) is 0 Å². The molecule has 0 atom stereocenters. The maximum absolute atomic E-state index is 11.2. The summed E-state index contributed by atoms with van der Waals surface area (Å²) in [5.41, 5.74) is 3.68. The van der Waals surface area contributed by atoms with Crippen molar-refractivity contribution in [2.75, 3.05) is 7.11 Å². The lowest BCUT2D eigenvalue weighted by Crippen LogP contribution is -2.10. The third-order valence-electron chi connectivity index (χ3n) is 2.79. The van der Waals surface area contributed by atoms with Crippen LogP contribution in [0.4, 0.5) is 4.79 Å². The zero-order chi connectivity index (χ0) is 16.1. The molecule has 1 aromatic rings. The van der Waals surface area contributed by atoms with Crippen LogP contribution in [0.15, 0.2) is 35.7 Å². The molecule has 0 saturated carbocycles. The minimum atomic E-state index is -0.780. The van der Waals surface area contributed by atoms with Crippen LogP contribution in [0.1, 0.15) is 19.4 Å². The third kappa shape index (κ3) is 3.90. The van der Waals surface area contributed by atoms with E-state index in [1.807, 2.05) is 32.0 Å². The monoisotopic (exact) mass is 303 g/mol. The Labute approximate surface area is 128 Å². The Kier molecular flexibility index (Phi) is 4.86. The number of alkyl carbamates (subject to hydrolysis) is 1. The summed E-state index contributed by atoms with van der Waals surface area (Å²) in [6.07, 6.45) is 1.43. The maximum Gasteiger partial charge on any atom is 0.420 e. The topological polar surface area (TPSA) is 73.9 Å². The van der Waals surface area contributed by atoms with E-state index in [4.69, 9.17) is 9.47 Å². The molecule has 1 saturated heterocycles. The fraction of sp³-hybridized carbons (Fsp3) is 0.312. The lowest BCUT2D eigenvalue weighted by atomic mass is 10.1. The quantitative estimate of drug-likeness (QED) is 0.391. The van der Waals surface area contributed by atoms with E-state index in [0.717, 1.165) is 5.56 Å². The molecule has 1 aromatic carbocycles. The molecule has 1 aliphatic rings. The Morgan fingerprint density at radius 3 is 2.68 bits per heavy atom. The molecule has 22 heavy (non-hydrogen) atoms. The van der Waals surface area contributed by atoms with Gasteiger partial charge in [0.2, 0.25) is 0 Å². The number of hydrogen-bond acceptors (Lipinski definition) is 5. The second-order valence-electron chi connectivity index (χ2n) is 4.88. The molecule has 116 valence electrons. The molecule has 0 aliphatic carbocycles. The molecule has 1 aliphatic heterocycles. The first-order chi connectivity index (χ1) is 10.5. The molecule has 0 spiro atoms. The molecule has 0 bridgehead atoms. The minimum Gasteiger partial charge on any atom is -0.493 e. The van der Waals surface area contributed by atoms with Crippen LogP contribution in [0.5, 0.6) is 11.5 Å². The van der Waals surface area contributed by atoms with Crippen LogP contribution < -0.4 is 14.8 Å². The van der Waals surface area contributed by atoms with E-state index in [-0.39, 0.29) is 11.8 Å². The number of cyclic esters (lactones) is 2. The largest absolute Gasteiger partial charge is 0.493 e. The Bertz CT molecular complexity index is 657. The number of esters is 1. The van der Waals surface area contributed by atoms with Crippen molar-refractivity contribution in [3.8, 4) is 11.5 Å². The van der Waals surface area contributed by atoms with E-state index in [1.165, 1.54) is 0 Å². The normalized spacial score (nSPS) is 13.5. The average molecular weight is 303 g/mol. The first kappa shape index (κ1) is 15.7. The summed E-state index contributed by atoms with van der Waals surface area (Å²) in [6, 6.07) is 5.58. The third-order valence-corrected chi connectivity index (χ3v) is 2.79. The maximum atomic E-state index is 11.2. The van der Waals surface area contributed by atoms with Gasteiger partial charge >= 0.3 is 12.1 Å². The van der Waals surface area contributed by atoms with Crippen molar-refractivity contribution in [2.45, 2.75) is 26.4 Å². The van der Waals surface area contributed by atoms with Crippen LogP contribution in [0.2, 0.25) is 0 Å². The van der Waals surface area contributed by atoms with Crippen LogP contribution in [-0.2, 0) is 16.0 Å². The summed E-state index contributed by atoms with van der Waals surface area (Å²) in [5, 5.41) is 2.26. The zero-order valence-corrected chi connectivity index (χ0v) is 12.6. The molecule has 0 unspecified atom stereocenters. The van der Waals surface area contributed by atoms with Crippen molar-refractivity contribution in [1.82, 2.24) is 5.32 Å². The van der Waals surface area contributed by atoms with E-state index in [2.05, 4.69) is 15.8 Å². The first-order valence-electron chi connectivity index (χ1n) is 6.81. The summed E-state index contributed by atoms with van der Waals surface area (Å²) in [6.45, 7) is 3.88. The number of methoxy groups -OCH3 is 1. The van der Waals surface area contributed by atoms with Gasteiger partial charge in [-0.3, -0.25) is 5.32 Å². The van der Waals surface area contributed by atoms with Crippen molar-refractivity contribution in [2.24, 2.45) is 0 Å².